The number of hydrogen-bond donors (Lipinski definition) is 1. The number of aromatic nitrogens is 2. The van der Waals surface area contributed by atoms with Crippen LogP contribution in [0.25, 0.3) is 0 Å². The number of anilines is 1. The Hall–Kier alpha value is -1.82. The van der Waals surface area contributed by atoms with Crippen molar-refractivity contribution in [2.75, 3.05) is 11.9 Å². The molecule has 112 valence electrons. The van der Waals surface area contributed by atoms with Crippen molar-refractivity contribution < 1.29 is 0 Å². The van der Waals surface area contributed by atoms with Crippen LogP contribution in [0.4, 0.5) is 5.69 Å². The largest absolute Gasteiger partial charge is 0.382 e. The van der Waals surface area contributed by atoms with Gasteiger partial charge in [0.15, 0.2) is 0 Å². The lowest BCUT2D eigenvalue weighted by atomic mass is 10.3. The van der Waals surface area contributed by atoms with Crippen molar-refractivity contribution in [2.24, 2.45) is 0 Å². The first-order valence-corrected chi connectivity index (χ1v) is 7.71. The molecule has 0 amide bonds. The van der Waals surface area contributed by atoms with E-state index in [4.69, 9.17) is 0 Å². The van der Waals surface area contributed by atoms with Crippen LogP contribution in [-0.4, -0.2) is 15.7 Å². The Balaban J connectivity index is 2.10. The molecule has 1 aromatic carbocycles. The Kier molecular flexibility index (Phi) is 5.38. The van der Waals surface area contributed by atoms with Crippen LogP contribution in [0.5, 0.6) is 0 Å². The molecule has 0 saturated carbocycles. The molecule has 1 heterocycles. The van der Waals surface area contributed by atoms with E-state index in [9.17, 15) is 9.59 Å². The summed E-state index contributed by atoms with van der Waals surface area (Å²) in [5.74, 6) is 0. The van der Waals surface area contributed by atoms with Gasteiger partial charge in [-0.3, -0.25) is 9.36 Å². The average molecular weight is 352 g/mol. The molecule has 2 aromatic rings. The molecule has 0 aliphatic carbocycles. The minimum atomic E-state index is -0.263. The van der Waals surface area contributed by atoms with Crippen molar-refractivity contribution in [1.82, 2.24) is 9.13 Å². The van der Waals surface area contributed by atoms with Gasteiger partial charge in [-0.2, -0.15) is 0 Å². The zero-order valence-electron chi connectivity index (χ0n) is 11.9. The first-order chi connectivity index (χ1) is 10.1. The zero-order chi connectivity index (χ0) is 15.2. The second-order valence-electron chi connectivity index (χ2n) is 4.69. The van der Waals surface area contributed by atoms with Crippen molar-refractivity contribution in [3.8, 4) is 0 Å². The molecule has 0 atom stereocenters. The standard InChI is InChI=1S/C15H18BrN3O2/c1-2-9-18-10-7-14(20)19(15(18)21)11-8-17-13-6-4-3-5-12(13)16/h3-7,10,17H,2,8-9,11H2,1H3. The number of rotatable bonds is 6. The third kappa shape index (κ3) is 3.85. The van der Waals surface area contributed by atoms with Crippen molar-refractivity contribution >= 4 is 21.6 Å². The van der Waals surface area contributed by atoms with Gasteiger partial charge in [-0.15, -0.1) is 0 Å². The highest BCUT2D eigenvalue weighted by molar-refractivity contribution is 9.10. The van der Waals surface area contributed by atoms with E-state index in [0.717, 1.165) is 16.6 Å². The second kappa shape index (κ2) is 7.26. The summed E-state index contributed by atoms with van der Waals surface area (Å²) in [5, 5.41) is 3.21. The summed E-state index contributed by atoms with van der Waals surface area (Å²) in [6.45, 7) is 3.46. The molecule has 21 heavy (non-hydrogen) atoms. The lowest BCUT2D eigenvalue weighted by Crippen LogP contribution is -2.40. The van der Waals surface area contributed by atoms with E-state index >= 15 is 0 Å². The van der Waals surface area contributed by atoms with Gasteiger partial charge in [0, 0.05) is 42.1 Å². The lowest BCUT2D eigenvalue weighted by Gasteiger charge is -2.11. The van der Waals surface area contributed by atoms with E-state index in [2.05, 4.69) is 21.2 Å². The van der Waals surface area contributed by atoms with Crippen molar-refractivity contribution in [3.63, 3.8) is 0 Å². The van der Waals surface area contributed by atoms with Crippen LogP contribution in [0.2, 0.25) is 0 Å². The van der Waals surface area contributed by atoms with Crippen LogP contribution in [0, 0.1) is 0 Å². The van der Waals surface area contributed by atoms with Crippen molar-refractivity contribution in [3.05, 3.63) is 61.8 Å². The number of hydrogen-bond acceptors (Lipinski definition) is 3. The third-order valence-corrected chi connectivity index (χ3v) is 3.82. The number of para-hydroxylation sites is 1. The summed E-state index contributed by atoms with van der Waals surface area (Å²) in [6, 6.07) is 9.17. The maximum absolute atomic E-state index is 12.2. The maximum Gasteiger partial charge on any atom is 0.331 e. The quantitative estimate of drug-likeness (QED) is 0.868. The van der Waals surface area contributed by atoms with E-state index in [1.807, 2.05) is 31.2 Å². The number of nitrogens with zero attached hydrogens (tertiary/aromatic N) is 2. The highest BCUT2D eigenvalue weighted by Crippen LogP contribution is 2.20. The minimum absolute atomic E-state index is 0.252. The molecule has 0 aliphatic heterocycles. The number of nitrogens with one attached hydrogen (secondary N) is 1. The van der Waals surface area contributed by atoms with Crippen LogP contribution < -0.4 is 16.6 Å². The van der Waals surface area contributed by atoms with Crippen LogP contribution in [-0.2, 0) is 13.1 Å². The number of aryl methyl sites for hydroxylation is 1. The molecule has 0 spiro atoms. The lowest BCUT2D eigenvalue weighted by molar-refractivity contribution is 0.554. The SMILES string of the molecule is CCCn1ccc(=O)n(CCNc2ccccc2Br)c1=O. The zero-order valence-corrected chi connectivity index (χ0v) is 13.5. The van der Waals surface area contributed by atoms with Crippen molar-refractivity contribution in [2.45, 2.75) is 26.4 Å². The van der Waals surface area contributed by atoms with Gasteiger partial charge in [0.1, 0.15) is 0 Å². The molecule has 0 aliphatic rings. The summed E-state index contributed by atoms with van der Waals surface area (Å²) in [4.78, 5) is 24.0. The molecule has 1 aromatic heterocycles. The predicted molar refractivity (Wildman–Crippen MR) is 87.9 cm³/mol. The smallest absolute Gasteiger partial charge is 0.331 e. The summed E-state index contributed by atoms with van der Waals surface area (Å²) in [7, 11) is 0. The summed E-state index contributed by atoms with van der Waals surface area (Å²) in [6.07, 6.45) is 2.42. The molecule has 0 saturated heterocycles. The Morgan fingerprint density at radius 1 is 1.14 bits per heavy atom. The molecule has 0 bridgehead atoms. The van der Waals surface area contributed by atoms with Gasteiger partial charge in [-0.05, 0) is 34.5 Å². The predicted octanol–water partition coefficient (Wildman–Crippen LogP) is 2.29. The van der Waals surface area contributed by atoms with Crippen LogP contribution in [0.15, 0.2) is 50.6 Å². The van der Waals surface area contributed by atoms with Crippen LogP contribution >= 0.6 is 15.9 Å². The Bertz CT molecular complexity index is 721. The fourth-order valence-corrected chi connectivity index (χ4v) is 2.51. The Morgan fingerprint density at radius 3 is 2.62 bits per heavy atom. The van der Waals surface area contributed by atoms with E-state index in [-0.39, 0.29) is 11.2 Å². The van der Waals surface area contributed by atoms with E-state index in [1.54, 1.807) is 10.8 Å². The molecule has 2 rings (SSSR count). The molecular weight excluding hydrogens is 334 g/mol. The van der Waals surface area contributed by atoms with Crippen LogP contribution in [0.1, 0.15) is 13.3 Å². The topological polar surface area (TPSA) is 56.0 Å². The highest BCUT2D eigenvalue weighted by atomic mass is 79.9. The first-order valence-electron chi connectivity index (χ1n) is 6.92. The van der Waals surface area contributed by atoms with E-state index in [0.29, 0.717) is 19.6 Å². The second-order valence-corrected chi connectivity index (χ2v) is 5.54. The number of halogens is 1. The van der Waals surface area contributed by atoms with Gasteiger partial charge < -0.3 is 9.88 Å². The first kappa shape index (κ1) is 15.6. The highest BCUT2D eigenvalue weighted by Gasteiger charge is 2.05. The van der Waals surface area contributed by atoms with Gasteiger partial charge >= 0.3 is 5.69 Å². The molecular formula is C15H18BrN3O2. The maximum atomic E-state index is 12.2. The fraction of sp³-hybridized carbons (Fsp3) is 0.333. The molecule has 1 N–H and O–H groups in total. The Morgan fingerprint density at radius 2 is 1.90 bits per heavy atom. The monoisotopic (exact) mass is 351 g/mol. The van der Waals surface area contributed by atoms with Gasteiger partial charge in [0.05, 0.1) is 0 Å². The third-order valence-electron chi connectivity index (χ3n) is 3.13. The fourth-order valence-electron chi connectivity index (χ4n) is 2.08. The molecule has 0 unspecified atom stereocenters. The molecule has 0 radical (unpaired) electrons. The summed E-state index contributed by atoms with van der Waals surface area (Å²) >= 11 is 3.45. The van der Waals surface area contributed by atoms with Gasteiger partial charge in [0.25, 0.3) is 5.56 Å². The molecule has 0 fully saturated rings. The minimum Gasteiger partial charge on any atom is -0.382 e. The van der Waals surface area contributed by atoms with Gasteiger partial charge in [-0.1, -0.05) is 19.1 Å². The summed E-state index contributed by atoms with van der Waals surface area (Å²) < 4.78 is 3.79. The van der Waals surface area contributed by atoms with E-state index in [1.165, 1.54) is 10.6 Å². The molecule has 5 nitrogen and oxygen atoms in total. The summed E-state index contributed by atoms with van der Waals surface area (Å²) in [5.41, 5.74) is 0.426. The average Bonchev–Trinajstić information content (AvgIpc) is 2.47. The van der Waals surface area contributed by atoms with E-state index < -0.39 is 0 Å². The normalized spacial score (nSPS) is 10.6. The van der Waals surface area contributed by atoms with Gasteiger partial charge in [-0.25, -0.2) is 4.79 Å². The number of benzene rings is 1. The molecule has 6 heteroatoms. The van der Waals surface area contributed by atoms with Crippen LogP contribution in [0.3, 0.4) is 0 Å². The van der Waals surface area contributed by atoms with Crippen molar-refractivity contribution in [1.29, 1.82) is 0 Å². The van der Waals surface area contributed by atoms with Gasteiger partial charge in [0.2, 0.25) is 0 Å². The Labute approximate surface area is 131 Å².